The highest BCUT2D eigenvalue weighted by Gasteiger charge is 2.17. The zero-order valence-corrected chi connectivity index (χ0v) is 17.2. The third-order valence-corrected chi connectivity index (χ3v) is 4.69. The summed E-state index contributed by atoms with van der Waals surface area (Å²) in [6.45, 7) is 2.19. The number of rotatable bonds is 7. The number of aromatic nitrogens is 4. The number of hydrogen-bond acceptors (Lipinski definition) is 7. The number of nitrogens with one attached hydrogen (secondary N) is 2. The summed E-state index contributed by atoms with van der Waals surface area (Å²) in [6, 6.07) is 13.1. The van der Waals surface area contributed by atoms with E-state index in [1.54, 1.807) is 30.1 Å². The largest absolute Gasteiger partial charge is 0.481 e. The van der Waals surface area contributed by atoms with E-state index < -0.39 is 6.09 Å². The second-order valence-corrected chi connectivity index (χ2v) is 6.68. The Hall–Kier alpha value is -4.14. The number of hydrogen-bond donors (Lipinski definition) is 2. The number of nitrogens with zero attached hydrogens (tertiary/aromatic N) is 4. The van der Waals surface area contributed by atoms with Crippen molar-refractivity contribution >= 4 is 28.8 Å². The summed E-state index contributed by atoms with van der Waals surface area (Å²) in [5.74, 6) is 1.13. The molecule has 31 heavy (non-hydrogen) atoms. The fraction of sp³-hybridized carbons (Fsp3) is 0.182. The first-order valence-electron chi connectivity index (χ1n) is 9.78. The molecule has 1 amide bonds. The molecular formula is C22H22N6O3. The van der Waals surface area contributed by atoms with Crippen LogP contribution >= 0.6 is 0 Å². The average Bonchev–Trinajstić information content (AvgIpc) is 3.16. The third kappa shape index (κ3) is 4.55. The van der Waals surface area contributed by atoms with Gasteiger partial charge in [-0.05, 0) is 18.1 Å². The van der Waals surface area contributed by atoms with Crippen molar-refractivity contribution in [2.75, 3.05) is 17.7 Å². The number of pyridine rings is 1. The molecule has 4 rings (SSSR count). The molecule has 158 valence electrons. The minimum Gasteiger partial charge on any atom is -0.481 e. The van der Waals surface area contributed by atoms with Gasteiger partial charge in [0.05, 0.1) is 30.9 Å². The van der Waals surface area contributed by atoms with E-state index in [0.717, 1.165) is 22.3 Å². The molecule has 2 N–H and O–H groups in total. The Bertz CT molecular complexity index is 1180. The first-order chi connectivity index (χ1) is 15.2. The highest BCUT2D eigenvalue weighted by Crippen LogP contribution is 2.29. The topological polar surface area (TPSA) is 103 Å². The molecule has 3 heterocycles. The van der Waals surface area contributed by atoms with Crippen molar-refractivity contribution in [1.29, 1.82) is 0 Å². The zero-order valence-electron chi connectivity index (χ0n) is 17.2. The van der Waals surface area contributed by atoms with E-state index in [1.807, 2.05) is 43.3 Å². The summed E-state index contributed by atoms with van der Waals surface area (Å²) in [5, 5.41) is 10.4. The van der Waals surface area contributed by atoms with E-state index in [9.17, 15) is 4.79 Å². The Morgan fingerprint density at radius 3 is 2.68 bits per heavy atom. The fourth-order valence-corrected chi connectivity index (χ4v) is 3.21. The Morgan fingerprint density at radius 1 is 1.13 bits per heavy atom. The van der Waals surface area contributed by atoms with Crippen LogP contribution in [0.2, 0.25) is 0 Å². The molecule has 9 heteroatoms. The molecule has 0 bridgehead atoms. The van der Waals surface area contributed by atoms with Crippen molar-refractivity contribution in [2.45, 2.75) is 20.0 Å². The maximum Gasteiger partial charge on any atom is 0.412 e. The summed E-state index contributed by atoms with van der Waals surface area (Å²) in [6.07, 6.45) is 4.98. The lowest BCUT2D eigenvalue weighted by molar-refractivity contribution is 0.155. The molecule has 0 spiro atoms. The second kappa shape index (κ2) is 9.12. The SMILES string of the molecule is CCc1c(NC(=O)OCc2ccccc2)cn2ncnc(Nc3ccc(OC)nc3)c12. The molecule has 1 aromatic carbocycles. The van der Waals surface area contributed by atoms with Gasteiger partial charge in [-0.25, -0.2) is 19.3 Å². The van der Waals surface area contributed by atoms with Crippen molar-refractivity contribution in [2.24, 2.45) is 0 Å². The number of amides is 1. The minimum absolute atomic E-state index is 0.193. The molecule has 0 aliphatic heterocycles. The van der Waals surface area contributed by atoms with Gasteiger partial charge in [0.25, 0.3) is 0 Å². The first-order valence-corrected chi connectivity index (χ1v) is 9.78. The third-order valence-electron chi connectivity index (χ3n) is 4.69. The van der Waals surface area contributed by atoms with Gasteiger partial charge in [0.2, 0.25) is 5.88 Å². The van der Waals surface area contributed by atoms with Gasteiger partial charge in [-0.2, -0.15) is 5.10 Å². The summed E-state index contributed by atoms with van der Waals surface area (Å²) < 4.78 is 12.1. The average molecular weight is 418 g/mol. The van der Waals surface area contributed by atoms with Crippen LogP contribution in [0.5, 0.6) is 5.88 Å². The van der Waals surface area contributed by atoms with Gasteiger partial charge in [0.1, 0.15) is 18.5 Å². The molecule has 4 aromatic rings. The standard InChI is InChI=1S/C22H22N6O3/c1-3-17-18(27-22(29)31-13-15-7-5-4-6-8-15)12-28-20(17)21(24-14-25-28)26-16-9-10-19(30-2)23-11-16/h4-12,14H,3,13H2,1-2H3,(H,27,29)(H,24,25,26). The molecule has 0 saturated heterocycles. The van der Waals surface area contributed by atoms with Crippen LogP contribution in [0, 0.1) is 0 Å². The van der Waals surface area contributed by atoms with Crippen LogP contribution in [0.4, 0.5) is 22.0 Å². The van der Waals surface area contributed by atoms with E-state index in [1.165, 1.54) is 6.33 Å². The molecular weight excluding hydrogens is 396 g/mol. The molecule has 0 atom stereocenters. The molecule has 0 aliphatic carbocycles. The van der Waals surface area contributed by atoms with Gasteiger partial charge >= 0.3 is 6.09 Å². The van der Waals surface area contributed by atoms with Crippen molar-refractivity contribution in [3.05, 3.63) is 72.3 Å². The van der Waals surface area contributed by atoms with Gasteiger partial charge in [-0.15, -0.1) is 0 Å². The van der Waals surface area contributed by atoms with E-state index in [4.69, 9.17) is 9.47 Å². The maximum atomic E-state index is 12.4. The highest BCUT2D eigenvalue weighted by atomic mass is 16.5. The van der Waals surface area contributed by atoms with Crippen LogP contribution in [0.3, 0.4) is 0 Å². The lowest BCUT2D eigenvalue weighted by atomic mass is 10.2. The highest BCUT2D eigenvalue weighted by molar-refractivity contribution is 5.90. The number of aryl methyl sites for hydroxylation is 1. The van der Waals surface area contributed by atoms with Gasteiger partial charge in [0.15, 0.2) is 5.82 Å². The molecule has 0 aliphatic rings. The maximum absolute atomic E-state index is 12.4. The Morgan fingerprint density at radius 2 is 1.97 bits per heavy atom. The van der Waals surface area contributed by atoms with Gasteiger partial charge in [0, 0.05) is 11.6 Å². The van der Waals surface area contributed by atoms with Crippen molar-refractivity contribution in [1.82, 2.24) is 19.6 Å². The van der Waals surface area contributed by atoms with E-state index in [0.29, 0.717) is 23.8 Å². The van der Waals surface area contributed by atoms with Crippen LogP contribution in [0.1, 0.15) is 18.1 Å². The molecule has 0 radical (unpaired) electrons. The summed E-state index contributed by atoms with van der Waals surface area (Å²) in [4.78, 5) is 20.9. The van der Waals surface area contributed by atoms with Crippen molar-refractivity contribution in [3.8, 4) is 5.88 Å². The van der Waals surface area contributed by atoms with Crippen LogP contribution < -0.4 is 15.4 Å². The predicted molar refractivity (Wildman–Crippen MR) is 117 cm³/mol. The number of carbonyl (C=O) groups excluding carboxylic acids is 1. The summed E-state index contributed by atoms with van der Waals surface area (Å²) >= 11 is 0. The number of carbonyl (C=O) groups is 1. The van der Waals surface area contributed by atoms with E-state index >= 15 is 0 Å². The van der Waals surface area contributed by atoms with Gasteiger partial charge in [-0.3, -0.25) is 5.32 Å². The molecule has 0 saturated carbocycles. The Kier molecular flexibility index (Phi) is 5.93. The van der Waals surface area contributed by atoms with Gasteiger partial charge in [-0.1, -0.05) is 37.3 Å². The van der Waals surface area contributed by atoms with Crippen LogP contribution in [0.15, 0.2) is 61.2 Å². The smallest absolute Gasteiger partial charge is 0.412 e. The van der Waals surface area contributed by atoms with Crippen molar-refractivity contribution in [3.63, 3.8) is 0 Å². The second-order valence-electron chi connectivity index (χ2n) is 6.68. The van der Waals surface area contributed by atoms with E-state index in [2.05, 4.69) is 25.7 Å². The van der Waals surface area contributed by atoms with E-state index in [-0.39, 0.29) is 6.61 Å². The molecule has 0 fully saturated rings. The Labute approximate surface area is 179 Å². The number of fused-ring (bicyclic) bond motifs is 1. The minimum atomic E-state index is -0.531. The molecule has 0 unspecified atom stereocenters. The first kappa shape index (κ1) is 20.1. The predicted octanol–water partition coefficient (Wildman–Crippen LogP) is 4.19. The lowest BCUT2D eigenvalue weighted by Crippen LogP contribution is -2.14. The molecule has 9 nitrogen and oxygen atoms in total. The number of methoxy groups -OCH3 is 1. The fourth-order valence-electron chi connectivity index (χ4n) is 3.21. The number of ether oxygens (including phenoxy) is 2. The summed E-state index contributed by atoms with van der Waals surface area (Å²) in [5.41, 5.74) is 3.94. The van der Waals surface area contributed by atoms with Crippen LogP contribution in [-0.2, 0) is 17.8 Å². The zero-order chi connectivity index (χ0) is 21.6. The quantitative estimate of drug-likeness (QED) is 0.464. The monoisotopic (exact) mass is 418 g/mol. The molecule has 3 aromatic heterocycles. The lowest BCUT2D eigenvalue weighted by Gasteiger charge is -2.09. The number of anilines is 3. The van der Waals surface area contributed by atoms with Crippen LogP contribution in [-0.4, -0.2) is 32.8 Å². The van der Waals surface area contributed by atoms with Crippen molar-refractivity contribution < 1.29 is 14.3 Å². The normalized spacial score (nSPS) is 10.6. The van der Waals surface area contributed by atoms with Gasteiger partial charge < -0.3 is 14.8 Å². The summed E-state index contributed by atoms with van der Waals surface area (Å²) in [7, 11) is 1.57. The Balaban J connectivity index is 1.55. The van der Waals surface area contributed by atoms with Crippen LogP contribution in [0.25, 0.3) is 5.52 Å². The number of benzene rings is 1.